The molecule has 1 aliphatic heterocycles. The number of carbonyl (C=O) groups excluding carboxylic acids is 3. The van der Waals surface area contributed by atoms with Gasteiger partial charge in [-0.25, -0.2) is 0 Å². The lowest BCUT2D eigenvalue weighted by atomic mass is 10.0. The number of amides is 3. The van der Waals surface area contributed by atoms with E-state index < -0.39 is 47.9 Å². The molecule has 0 aromatic heterocycles. The Kier molecular flexibility index (Phi) is 9.02. The number of nitrogens with two attached hydrogens (primary N) is 1. The lowest BCUT2D eigenvalue weighted by molar-refractivity contribution is -0.144. The van der Waals surface area contributed by atoms with E-state index >= 15 is 0 Å². The highest BCUT2D eigenvalue weighted by atomic mass is 16.4. The van der Waals surface area contributed by atoms with Crippen molar-refractivity contribution < 1.29 is 29.4 Å². The molecule has 4 atom stereocenters. The van der Waals surface area contributed by atoms with Gasteiger partial charge in [-0.3, -0.25) is 19.2 Å². The zero-order chi connectivity index (χ0) is 26.2. The van der Waals surface area contributed by atoms with Gasteiger partial charge in [0.25, 0.3) is 0 Å². The highest BCUT2D eigenvalue weighted by Gasteiger charge is 2.38. The largest absolute Gasteiger partial charge is 0.508 e. The summed E-state index contributed by atoms with van der Waals surface area (Å²) in [5, 5.41) is 23.7. The molecule has 36 heavy (non-hydrogen) atoms. The monoisotopic (exact) mass is 496 g/mol. The minimum atomic E-state index is -1.17. The molecule has 0 saturated carbocycles. The molecule has 2 aromatic carbocycles. The Balaban J connectivity index is 1.75. The first kappa shape index (κ1) is 26.7. The fourth-order valence-electron chi connectivity index (χ4n) is 4.18. The Hall–Kier alpha value is -3.92. The number of rotatable bonds is 10. The van der Waals surface area contributed by atoms with Crippen molar-refractivity contribution in [2.24, 2.45) is 5.73 Å². The number of carbonyl (C=O) groups is 4. The number of likely N-dealkylation sites (tertiary alicyclic amines) is 1. The van der Waals surface area contributed by atoms with Crippen molar-refractivity contribution in [2.45, 2.75) is 56.8 Å². The molecule has 10 nitrogen and oxygen atoms in total. The molecular weight excluding hydrogens is 464 g/mol. The lowest BCUT2D eigenvalue weighted by Gasteiger charge is -2.30. The summed E-state index contributed by atoms with van der Waals surface area (Å²) in [7, 11) is 0. The maximum absolute atomic E-state index is 13.6. The molecule has 0 spiro atoms. The third kappa shape index (κ3) is 7.05. The molecule has 1 heterocycles. The second-order valence-corrected chi connectivity index (χ2v) is 8.99. The molecule has 0 radical (unpaired) electrons. The van der Waals surface area contributed by atoms with Crippen LogP contribution in [0.1, 0.15) is 30.9 Å². The maximum atomic E-state index is 13.6. The molecule has 4 unspecified atom stereocenters. The zero-order valence-corrected chi connectivity index (χ0v) is 20.1. The number of carboxylic acid groups (broad SMARTS) is 1. The summed E-state index contributed by atoms with van der Waals surface area (Å²) in [5.74, 6) is -2.55. The molecule has 3 amide bonds. The van der Waals surface area contributed by atoms with Crippen LogP contribution in [0, 0.1) is 0 Å². The number of hydrogen-bond acceptors (Lipinski definition) is 6. The Morgan fingerprint density at radius 2 is 1.64 bits per heavy atom. The van der Waals surface area contributed by atoms with Crippen LogP contribution in [0.5, 0.6) is 5.75 Å². The van der Waals surface area contributed by atoms with Gasteiger partial charge in [0.2, 0.25) is 17.7 Å². The molecular formula is C26H32N4O6. The van der Waals surface area contributed by atoms with Gasteiger partial charge in [-0.2, -0.15) is 0 Å². The van der Waals surface area contributed by atoms with Gasteiger partial charge in [0, 0.05) is 13.0 Å². The van der Waals surface area contributed by atoms with E-state index in [1.807, 2.05) is 30.3 Å². The number of phenolic OH excluding ortho intramolecular Hbond substituents is 1. The van der Waals surface area contributed by atoms with E-state index in [1.54, 1.807) is 12.1 Å². The van der Waals surface area contributed by atoms with Crippen molar-refractivity contribution in [2.75, 3.05) is 6.54 Å². The third-order valence-corrected chi connectivity index (χ3v) is 6.19. The van der Waals surface area contributed by atoms with Gasteiger partial charge < -0.3 is 31.5 Å². The summed E-state index contributed by atoms with van der Waals surface area (Å²) in [6, 6.07) is 11.7. The summed E-state index contributed by atoms with van der Waals surface area (Å²) < 4.78 is 0. The lowest BCUT2D eigenvalue weighted by Crippen LogP contribution is -2.57. The SMILES string of the molecule is CC(NC(=O)C1CCCN1C(=O)C(Cc1ccccc1)NC(=O)C(N)Cc1ccc(O)cc1)C(=O)O. The molecule has 1 saturated heterocycles. The van der Waals surface area contributed by atoms with Crippen molar-refractivity contribution >= 4 is 23.7 Å². The van der Waals surface area contributed by atoms with E-state index in [2.05, 4.69) is 10.6 Å². The number of hydrogen-bond donors (Lipinski definition) is 5. The highest BCUT2D eigenvalue weighted by Crippen LogP contribution is 2.20. The smallest absolute Gasteiger partial charge is 0.325 e. The van der Waals surface area contributed by atoms with Gasteiger partial charge in [-0.15, -0.1) is 0 Å². The van der Waals surface area contributed by atoms with Crippen LogP contribution in [0.4, 0.5) is 0 Å². The standard InChI is InChI=1S/C26H32N4O6/c1-16(26(35)36)28-24(33)22-8-5-13-30(22)25(34)21(15-17-6-3-2-4-7-17)29-23(32)20(27)14-18-9-11-19(31)12-10-18/h2-4,6-7,9-12,16,20-22,31H,5,8,13-15,27H2,1H3,(H,28,33)(H,29,32)(H,35,36). The number of aromatic hydroxyl groups is 1. The fraction of sp³-hybridized carbons (Fsp3) is 0.385. The zero-order valence-electron chi connectivity index (χ0n) is 20.1. The van der Waals surface area contributed by atoms with Gasteiger partial charge in [0.1, 0.15) is 23.9 Å². The number of phenols is 1. The van der Waals surface area contributed by atoms with Crippen LogP contribution in [-0.2, 0) is 32.0 Å². The summed E-state index contributed by atoms with van der Waals surface area (Å²) in [6.45, 7) is 1.67. The van der Waals surface area contributed by atoms with Crippen molar-refractivity contribution in [3.8, 4) is 5.75 Å². The Morgan fingerprint density at radius 3 is 2.28 bits per heavy atom. The van der Waals surface area contributed by atoms with Crippen molar-refractivity contribution in [3.63, 3.8) is 0 Å². The topological polar surface area (TPSA) is 162 Å². The number of aliphatic carboxylic acids is 1. The van der Waals surface area contributed by atoms with Gasteiger partial charge in [0.15, 0.2) is 0 Å². The molecule has 0 aliphatic carbocycles. The van der Waals surface area contributed by atoms with Crippen LogP contribution in [-0.4, -0.2) is 69.5 Å². The van der Waals surface area contributed by atoms with Crippen LogP contribution < -0.4 is 16.4 Å². The van der Waals surface area contributed by atoms with Crippen molar-refractivity contribution in [3.05, 3.63) is 65.7 Å². The third-order valence-electron chi connectivity index (χ3n) is 6.19. The summed E-state index contributed by atoms with van der Waals surface area (Å²) in [4.78, 5) is 51.8. The fourth-order valence-corrected chi connectivity index (χ4v) is 4.18. The van der Waals surface area contributed by atoms with Gasteiger partial charge in [-0.1, -0.05) is 42.5 Å². The van der Waals surface area contributed by atoms with E-state index in [4.69, 9.17) is 10.8 Å². The number of benzene rings is 2. The number of nitrogens with one attached hydrogen (secondary N) is 2. The molecule has 192 valence electrons. The molecule has 1 fully saturated rings. The highest BCUT2D eigenvalue weighted by molar-refractivity contribution is 5.94. The van der Waals surface area contributed by atoms with Crippen LogP contribution in [0.3, 0.4) is 0 Å². The summed E-state index contributed by atoms with van der Waals surface area (Å²) in [6.07, 6.45) is 1.39. The minimum absolute atomic E-state index is 0.104. The van der Waals surface area contributed by atoms with Gasteiger partial charge in [0.05, 0.1) is 6.04 Å². The Bertz CT molecular complexity index is 1080. The predicted molar refractivity (Wildman–Crippen MR) is 132 cm³/mol. The first-order chi connectivity index (χ1) is 17.2. The van der Waals surface area contributed by atoms with Gasteiger partial charge >= 0.3 is 5.97 Å². The maximum Gasteiger partial charge on any atom is 0.325 e. The molecule has 1 aliphatic rings. The average Bonchev–Trinajstić information content (AvgIpc) is 3.35. The van der Waals surface area contributed by atoms with Crippen LogP contribution in [0.25, 0.3) is 0 Å². The van der Waals surface area contributed by atoms with Crippen LogP contribution in [0.15, 0.2) is 54.6 Å². The molecule has 3 rings (SSSR count). The second kappa shape index (κ2) is 12.2. The molecule has 0 bridgehead atoms. The van der Waals surface area contributed by atoms with E-state index in [-0.39, 0.29) is 18.6 Å². The first-order valence-corrected chi connectivity index (χ1v) is 11.9. The van der Waals surface area contributed by atoms with E-state index in [0.29, 0.717) is 19.4 Å². The van der Waals surface area contributed by atoms with Crippen molar-refractivity contribution in [1.82, 2.24) is 15.5 Å². The van der Waals surface area contributed by atoms with Gasteiger partial charge in [-0.05, 0) is 49.4 Å². The molecule has 6 N–H and O–H groups in total. The summed E-state index contributed by atoms with van der Waals surface area (Å²) in [5.41, 5.74) is 7.70. The van der Waals surface area contributed by atoms with E-state index in [0.717, 1.165) is 11.1 Å². The quantitative estimate of drug-likeness (QED) is 0.321. The predicted octanol–water partition coefficient (Wildman–Crippen LogP) is 0.570. The average molecular weight is 497 g/mol. The Morgan fingerprint density at radius 1 is 1.00 bits per heavy atom. The summed E-state index contributed by atoms with van der Waals surface area (Å²) >= 11 is 0. The first-order valence-electron chi connectivity index (χ1n) is 11.9. The normalized spacial score (nSPS) is 17.6. The minimum Gasteiger partial charge on any atom is -0.508 e. The second-order valence-electron chi connectivity index (χ2n) is 8.99. The number of nitrogens with zero attached hydrogens (tertiary/aromatic N) is 1. The van der Waals surface area contributed by atoms with E-state index in [9.17, 15) is 24.3 Å². The molecule has 2 aromatic rings. The van der Waals surface area contributed by atoms with Crippen LogP contribution >= 0.6 is 0 Å². The van der Waals surface area contributed by atoms with Crippen molar-refractivity contribution in [1.29, 1.82) is 0 Å². The number of carboxylic acids is 1. The van der Waals surface area contributed by atoms with E-state index in [1.165, 1.54) is 24.0 Å². The molecule has 10 heteroatoms. The Labute approximate surface area is 209 Å². The van der Waals surface area contributed by atoms with Crippen LogP contribution in [0.2, 0.25) is 0 Å².